The molecule has 33 heavy (non-hydrogen) atoms. The molecule has 0 saturated carbocycles. The number of fused-ring (bicyclic) bond motifs is 1. The molecule has 170 valence electrons. The molecule has 0 atom stereocenters. The molecular formula is C26H27N3O3S. The molecule has 5 rings (SSSR count). The molecule has 2 aliphatic heterocycles. The van der Waals surface area contributed by atoms with Crippen LogP contribution in [0.4, 0.5) is 5.69 Å². The highest BCUT2D eigenvalue weighted by Crippen LogP contribution is 2.29. The number of carbonyl (C=O) groups is 1. The Morgan fingerprint density at radius 2 is 1.52 bits per heavy atom. The van der Waals surface area contributed by atoms with E-state index in [9.17, 15) is 13.2 Å². The van der Waals surface area contributed by atoms with Crippen molar-refractivity contribution >= 4 is 21.6 Å². The lowest BCUT2D eigenvalue weighted by molar-refractivity contribution is 0.0989. The van der Waals surface area contributed by atoms with E-state index in [0.29, 0.717) is 49.7 Å². The Hall–Kier alpha value is -3.00. The van der Waals surface area contributed by atoms with Crippen LogP contribution in [0.15, 0.2) is 83.8 Å². The molecule has 1 amide bonds. The number of piperazine rings is 1. The van der Waals surface area contributed by atoms with Crippen LogP contribution < -0.4 is 4.90 Å². The average molecular weight is 462 g/mol. The molecule has 0 N–H and O–H groups in total. The normalized spacial score (nSPS) is 17.2. The van der Waals surface area contributed by atoms with E-state index in [0.717, 1.165) is 17.7 Å². The Morgan fingerprint density at radius 1 is 0.788 bits per heavy atom. The zero-order valence-corrected chi connectivity index (χ0v) is 19.2. The number of hydrogen-bond donors (Lipinski definition) is 0. The highest BCUT2D eigenvalue weighted by Gasteiger charge is 2.29. The van der Waals surface area contributed by atoms with E-state index < -0.39 is 10.0 Å². The topological polar surface area (TPSA) is 60.9 Å². The second kappa shape index (κ2) is 9.09. The summed E-state index contributed by atoms with van der Waals surface area (Å²) < 4.78 is 27.3. The molecule has 0 aromatic heterocycles. The largest absolute Gasteiger partial charge is 0.308 e. The predicted molar refractivity (Wildman–Crippen MR) is 129 cm³/mol. The molecule has 3 aromatic carbocycles. The molecule has 0 aliphatic carbocycles. The highest BCUT2D eigenvalue weighted by molar-refractivity contribution is 7.89. The molecule has 0 bridgehead atoms. The highest BCUT2D eigenvalue weighted by atomic mass is 32.2. The number of amides is 1. The number of hydrogen-bond acceptors (Lipinski definition) is 4. The van der Waals surface area contributed by atoms with Gasteiger partial charge in [-0.15, -0.1) is 0 Å². The number of para-hydroxylation sites is 1. The van der Waals surface area contributed by atoms with Crippen molar-refractivity contribution in [2.75, 3.05) is 37.6 Å². The van der Waals surface area contributed by atoms with Crippen LogP contribution in [-0.4, -0.2) is 56.3 Å². The van der Waals surface area contributed by atoms with Gasteiger partial charge in [0, 0.05) is 50.5 Å². The third kappa shape index (κ3) is 4.44. The molecule has 0 radical (unpaired) electrons. The average Bonchev–Trinajstić information content (AvgIpc) is 3.29. The number of sulfonamides is 1. The summed E-state index contributed by atoms with van der Waals surface area (Å²) in [6.07, 6.45) is 0.887. The third-order valence-corrected chi connectivity index (χ3v) is 8.34. The zero-order chi connectivity index (χ0) is 22.8. The zero-order valence-electron chi connectivity index (χ0n) is 18.4. The van der Waals surface area contributed by atoms with Gasteiger partial charge in [0.1, 0.15) is 0 Å². The molecular weight excluding hydrogens is 434 g/mol. The molecule has 2 aliphatic rings. The van der Waals surface area contributed by atoms with Crippen LogP contribution in [0, 0.1) is 0 Å². The van der Waals surface area contributed by atoms with Crippen molar-refractivity contribution in [3.05, 3.63) is 95.6 Å². The first-order valence-electron chi connectivity index (χ1n) is 11.3. The lowest BCUT2D eigenvalue weighted by atomic mass is 10.1. The first kappa shape index (κ1) is 21.8. The van der Waals surface area contributed by atoms with Gasteiger partial charge in [-0.2, -0.15) is 4.31 Å². The van der Waals surface area contributed by atoms with Gasteiger partial charge in [0.2, 0.25) is 10.0 Å². The van der Waals surface area contributed by atoms with Crippen molar-refractivity contribution in [1.82, 2.24) is 9.21 Å². The van der Waals surface area contributed by atoms with Gasteiger partial charge in [-0.05, 0) is 47.9 Å². The first-order chi connectivity index (χ1) is 16.0. The van der Waals surface area contributed by atoms with Crippen LogP contribution in [0.2, 0.25) is 0 Å². The van der Waals surface area contributed by atoms with E-state index in [-0.39, 0.29) is 5.91 Å². The van der Waals surface area contributed by atoms with Gasteiger partial charge in [-0.3, -0.25) is 9.69 Å². The molecule has 1 saturated heterocycles. The Labute approximate surface area is 195 Å². The van der Waals surface area contributed by atoms with E-state index in [1.807, 2.05) is 53.4 Å². The summed E-state index contributed by atoms with van der Waals surface area (Å²) in [5, 5.41) is 0. The van der Waals surface area contributed by atoms with Gasteiger partial charge in [0.05, 0.1) is 4.90 Å². The van der Waals surface area contributed by atoms with Crippen molar-refractivity contribution in [3.8, 4) is 0 Å². The minimum Gasteiger partial charge on any atom is -0.308 e. The van der Waals surface area contributed by atoms with Crippen molar-refractivity contribution < 1.29 is 13.2 Å². The summed E-state index contributed by atoms with van der Waals surface area (Å²) in [4.78, 5) is 17.6. The Kier molecular flexibility index (Phi) is 6.01. The fraction of sp³-hybridized carbons (Fsp3) is 0.269. The summed E-state index contributed by atoms with van der Waals surface area (Å²) in [7, 11) is -3.45. The van der Waals surface area contributed by atoms with Gasteiger partial charge in [-0.1, -0.05) is 48.5 Å². The lowest BCUT2D eigenvalue weighted by Gasteiger charge is -2.34. The van der Waals surface area contributed by atoms with Gasteiger partial charge in [-0.25, -0.2) is 8.42 Å². The molecule has 0 unspecified atom stereocenters. The van der Waals surface area contributed by atoms with E-state index in [4.69, 9.17) is 0 Å². The maximum absolute atomic E-state index is 13.2. The summed E-state index contributed by atoms with van der Waals surface area (Å²) in [5.74, 6) is 0.0283. The van der Waals surface area contributed by atoms with Crippen LogP contribution in [-0.2, 0) is 23.0 Å². The van der Waals surface area contributed by atoms with Crippen LogP contribution in [0.1, 0.15) is 21.5 Å². The van der Waals surface area contributed by atoms with Gasteiger partial charge in [0.25, 0.3) is 5.91 Å². The van der Waals surface area contributed by atoms with Gasteiger partial charge in [0.15, 0.2) is 0 Å². The van der Waals surface area contributed by atoms with Crippen LogP contribution in [0.25, 0.3) is 0 Å². The number of benzene rings is 3. The van der Waals surface area contributed by atoms with Gasteiger partial charge < -0.3 is 4.90 Å². The van der Waals surface area contributed by atoms with E-state index in [1.54, 1.807) is 28.6 Å². The van der Waals surface area contributed by atoms with E-state index >= 15 is 0 Å². The fourth-order valence-electron chi connectivity index (χ4n) is 4.64. The quantitative estimate of drug-likeness (QED) is 0.584. The smallest absolute Gasteiger partial charge is 0.258 e. The van der Waals surface area contributed by atoms with Crippen LogP contribution in [0.3, 0.4) is 0 Å². The van der Waals surface area contributed by atoms with Crippen molar-refractivity contribution in [2.24, 2.45) is 0 Å². The first-order valence-corrected chi connectivity index (χ1v) is 12.7. The standard InChI is InChI=1S/C26H27N3O3S/c30-26(29-14-13-22-8-4-5-12-25(22)29)23-9-6-7-21(19-23)20-27-15-17-28(18-16-27)33(31,32)24-10-2-1-3-11-24/h1-12,19H,13-18,20H2. The maximum Gasteiger partial charge on any atom is 0.258 e. The predicted octanol–water partition coefficient (Wildman–Crippen LogP) is 3.40. The van der Waals surface area contributed by atoms with Crippen LogP contribution >= 0.6 is 0 Å². The van der Waals surface area contributed by atoms with E-state index in [2.05, 4.69) is 11.0 Å². The summed E-state index contributed by atoms with van der Waals surface area (Å²) >= 11 is 0. The number of nitrogens with zero attached hydrogens (tertiary/aromatic N) is 3. The monoisotopic (exact) mass is 461 g/mol. The van der Waals surface area contributed by atoms with Crippen molar-refractivity contribution in [2.45, 2.75) is 17.9 Å². The van der Waals surface area contributed by atoms with Gasteiger partial charge >= 0.3 is 0 Å². The molecule has 0 spiro atoms. The number of anilines is 1. The number of carbonyl (C=O) groups excluding carboxylic acids is 1. The van der Waals surface area contributed by atoms with Crippen LogP contribution in [0.5, 0.6) is 0 Å². The maximum atomic E-state index is 13.2. The SMILES string of the molecule is O=C(c1cccc(CN2CCN(S(=O)(=O)c3ccccc3)CC2)c1)N1CCc2ccccc21. The van der Waals surface area contributed by atoms with E-state index in [1.165, 1.54) is 5.56 Å². The summed E-state index contributed by atoms with van der Waals surface area (Å²) in [5.41, 5.74) is 3.97. The molecule has 1 fully saturated rings. The van der Waals surface area contributed by atoms with Crippen molar-refractivity contribution in [1.29, 1.82) is 0 Å². The molecule has 3 aromatic rings. The fourth-order valence-corrected chi connectivity index (χ4v) is 6.08. The minimum atomic E-state index is -3.45. The molecule has 2 heterocycles. The number of rotatable bonds is 5. The second-order valence-electron chi connectivity index (χ2n) is 8.53. The lowest BCUT2D eigenvalue weighted by Crippen LogP contribution is -2.48. The Morgan fingerprint density at radius 3 is 2.30 bits per heavy atom. The summed E-state index contributed by atoms with van der Waals surface area (Å²) in [6, 6.07) is 24.5. The van der Waals surface area contributed by atoms with Crippen molar-refractivity contribution in [3.63, 3.8) is 0 Å². The second-order valence-corrected chi connectivity index (χ2v) is 10.5. The Balaban J connectivity index is 1.23. The molecule has 6 nitrogen and oxygen atoms in total. The minimum absolute atomic E-state index is 0.0283. The summed E-state index contributed by atoms with van der Waals surface area (Å²) in [6.45, 7) is 3.63. The third-order valence-electron chi connectivity index (χ3n) is 6.42. The molecule has 7 heteroatoms. The Bertz CT molecular complexity index is 1250.